The average Bonchev–Trinajstić information content (AvgIpc) is 2.23. The van der Waals surface area contributed by atoms with Crippen LogP contribution in [0.4, 0.5) is 0 Å². The van der Waals surface area contributed by atoms with E-state index in [0.29, 0.717) is 12.2 Å². The summed E-state index contributed by atoms with van der Waals surface area (Å²) in [5.74, 6) is -0.233. The van der Waals surface area contributed by atoms with Crippen LogP contribution in [0.25, 0.3) is 0 Å². The van der Waals surface area contributed by atoms with Crippen LogP contribution in [0, 0.1) is 13.8 Å². The van der Waals surface area contributed by atoms with E-state index in [1.165, 1.54) is 0 Å². The Kier molecular flexibility index (Phi) is 4.35. The first-order chi connectivity index (χ1) is 7.56. The van der Waals surface area contributed by atoms with Gasteiger partial charge in [0, 0.05) is 0 Å². The summed E-state index contributed by atoms with van der Waals surface area (Å²) in [6, 6.07) is 5.67. The molecule has 0 heterocycles. The maximum atomic E-state index is 11.0. The number of rotatable bonds is 5. The van der Waals surface area contributed by atoms with Crippen LogP contribution in [0.15, 0.2) is 18.2 Å². The number of carbonyl (C=O) groups is 1. The Morgan fingerprint density at radius 1 is 1.44 bits per heavy atom. The fraction of sp³-hybridized carbons (Fsp3) is 0.462. The van der Waals surface area contributed by atoms with Gasteiger partial charge in [0.1, 0.15) is 5.75 Å². The van der Waals surface area contributed by atoms with E-state index in [1.807, 2.05) is 39.0 Å². The van der Waals surface area contributed by atoms with Crippen molar-refractivity contribution in [3.63, 3.8) is 0 Å². The number of carboxylic acid groups (broad SMARTS) is 1. The summed E-state index contributed by atoms with van der Waals surface area (Å²) < 4.78 is 5.53. The zero-order chi connectivity index (χ0) is 12.1. The van der Waals surface area contributed by atoms with E-state index in [9.17, 15) is 4.79 Å². The number of aryl methyl sites for hydroxylation is 1. The van der Waals surface area contributed by atoms with Crippen molar-refractivity contribution < 1.29 is 14.6 Å². The Morgan fingerprint density at radius 2 is 2.12 bits per heavy atom. The second-order valence-electron chi connectivity index (χ2n) is 3.93. The van der Waals surface area contributed by atoms with Gasteiger partial charge in [-0.05, 0) is 37.5 Å². The fourth-order valence-electron chi connectivity index (χ4n) is 1.50. The average molecular weight is 222 g/mol. The SMILES string of the molecule is CCCC(Oc1cccc(C)c1C)C(=O)O. The van der Waals surface area contributed by atoms with Gasteiger partial charge in [-0.1, -0.05) is 25.5 Å². The summed E-state index contributed by atoms with van der Waals surface area (Å²) in [4.78, 5) is 11.0. The van der Waals surface area contributed by atoms with Gasteiger partial charge in [-0.3, -0.25) is 0 Å². The zero-order valence-electron chi connectivity index (χ0n) is 9.99. The van der Waals surface area contributed by atoms with Crippen LogP contribution in [-0.2, 0) is 4.79 Å². The molecule has 0 bridgehead atoms. The summed E-state index contributed by atoms with van der Waals surface area (Å²) in [7, 11) is 0. The lowest BCUT2D eigenvalue weighted by Gasteiger charge is -2.16. The van der Waals surface area contributed by atoms with Gasteiger partial charge in [0.15, 0.2) is 6.10 Å². The van der Waals surface area contributed by atoms with Crippen molar-refractivity contribution in [2.24, 2.45) is 0 Å². The Labute approximate surface area is 96.1 Å². The molecule has 0 saturated heterocycles. The minimum absolute atomic E-state index is 0.530. The molecule has 3 heteroatoms. The molecule has 1 aromatic rings. The van der Waals surface area contributed by atoms with Gasteiger partial charge in [-0.15, -0.1) is 0 Å². The minimum Gasteiger partial charge on any atom is -0.479 e. The van der Waals surface area contributed by atoms with E-state index in [1.54, 1.807) is 0 Å². The van der Waals surface area contributed by atoms with Crippen molar-refractivity contribution in [1.29, 1.82) is 0 Å². The molecule has 0 fully saturated rings. The van der Waals surface area contributed by atoms with E-state index in [-0.39, 0.29) is 0 Å². The quantitative estimate of drug-likeness (QED) is 0.833. The molecule has 1 aromatic carbocycles. The summed E-state index contributed by atoms with van der Waals surface area (Å²) in [5.41, 5.74) is 2.11. The third-order valence-electron chi connectivity index (χ3n) is 2.65. The first kappa shape index (κ1) is 12.6. The van der Waals surface area contributed by atoms with Crippen molar-refractivity contribution in [1.82, 2.24) is 0 Å². The third kappa shape index (κ3) is 2.99. The molecule has 1 rings (SSSR count). The Balaban J connectivity index is 2.85. The number of ether oxygens (including phenoxy) is 1. The maximum Gasteiger partial charge on any atom is 0.344 e. The van der Waals surface area contributed by atoms with Crippen LogP contribution in [0.5, 0.6) is 5.75 Å². The number of carboxylic acids is 1. The van der Waals surface area contributed by atoms with Crippen LogP contribution >= 0.6 is 0 Å². The smallest absolute Gasteiger partial charge is 0.344 e. The Bertz CT molecular complexity index is 371. The predicted octanol–water partition coefficient (Wildman–Crippen LogP) is 2.94. The minimum atomic E-state index is -0.900. The molecule has 16 heavy (non-hydrogen) atoms. The van der Waals surface area contributed by atoms with E-state index in [4.69, 9.17) is 9.84 Å². The summed E-state index contributed by atoms with van der Waals surface area (Å²) in [5, 5.41) is 9.00. The van der Waals surface area contributed by atoms with Gasteiger partial charge in [-0.2, -0.15) is 0 Å². The summed E-state index contributed by atoms with van der Waals surface area (Å²) in [6.45, 7) is 5.87. The molecule has 3 nitrogen and oxygen atoms in total. The van der Waals surface area contributed by atoms with Gasteiger partial charge < -0.3 is 9.84 Å². The van der Waals surface area contributed by atoms with Crippen molar-refractivity contribution >= 4 is 5.97 Å². The Hall–Kier alpha value is -1.51. The summed E-state index contributed by atoms with van der Waals surface area (Å²) in [6.07, 6.45) is 0.579. The van der Waals surface area contributed by atoms with Crippen LogP contribution in [0.1, 0.15) is 30.9 Å². The molecule has 0 spiro atoms. The number of hydrogen-bond donors (Lipinski definition) is 1. The molecule has 1 N–H and O–H groups in total. The second-order valence-corrected chi connectivity index (χ2v) is 3.93. The van der Waals surface area contributed by atoms with Crippen molar-refractivity contribution in [2.75, 3.05) is 0 Å². The van der Waals surface area contributed by atoms with Crippen LogP contribution in [-0.4, -0.2) is 17.2 Å². The molecule has 0 aliphatic heterocycles. The normalized spacial score (nSPS) is 12.2. The first-order valence-corrected chi connectivity index (χ1v) is 5.52. The number of aliphatic carboxylic acids is 1. The lowest BCUT2D eigenvalue weighted by molar-refractivity contribution is -0.145. The van der Waals surface area contributed by atoms with Crippen LogP contribution in [0.3, 0.4) is 0 Å². The highest BCUT2D eigenvalue weighted by Gasteiger charge is 2.19. The molecule has 0 aliphatic carbocycles. The molecule has 0 saturated carbocycles. The molecule has 88 valence electrons. The molecule has 1 unspecified atom stereocenters. The first-order valence-electron chi connectivity index (χ1n) is 5.52. The van der Waals surface area contributed by atoms with E-state index in [2.05, 4.69) is 0 Å². The number of hydrogen-bond acceptors (Lipinski definition) is 2. The molecular weight excluding hydrogens is 204 g/mol. The topological polar surface area (TPSA) is 46.5 Å². The monoisotopic (exact) mass is 222 g/mol. The molecule has 0 aromatic heterocycles. The van der Waals surface area contributed by atoms with E-state index < -0.39 is 12.1 Å². The van der Waals surface area contributed by atoms with E-state index in [0.717, 1.165) is 17.5 Å². The van der Waals surface area contributed by atoms with E-state index >= 15 is 0 Å². The second kappa shape index (κ2) is 5.54. The predicted molar refractivity (Wildman–Crippen MR) is 62.9 cm³/mol. The standard InChI is InChI=1S/C13H18O3/c1-4-6-12(13(14)15)16-11-8-5-7-9(2)10(11)3/h5,7-8,12H,4,6H2,1-3H3,(H,14,15). The van der Waals surface area contributed by atoms with Gasteiger partial charge >= 0.3 is 5.97 Å². The fourth-order valence-corrected chi connectivity index (χ4v) is 1.50. The lowest BCUT2D eigenvalue weighted by atomic mass is 10.1. The van der Waals surface area contributed by atoms with Crippen molar-refractivity contribution in [2.45, 2.75) is 39.7 Å². The molecule has 0 amide bonds. The molecule has 1 atom stereocenters. The van der Waals surface area contributed by atoms with Crippen LogP contribution in [0.2, 0.25) is 0 Å². The highest BCUT2D eigenvalue weighted by Crippen LogP contribution is 2.22. The zero-order valence-corrected chi connectivity index (χ0v) is 9.99. The van der Waals surface area contributed by atoms with Crippen LogP contribution < -0.4 is 4.74 Å². The highest BCUT2D eigenvalue weighted by molar-refractivity contribution is 5.72. The highest BCUT2D eigenvalue weighted by atomic mass is 16.5. The summed E-state index contributed by atoms with van der Waals surface area (Å²) >= 11 is 0. The van der Waals surface area contributed by atoms with Crippen molar-refractivity contribution in [3.05, 3.63) is 29.3 Å². The van der Waals surface area contributed by atoms with Crippen molar-refractivity contribution in [3.8, 4) is 5.75 Å². The van der Waals surface area contributed by atoms with Gasteiger partial charge in [0.2, 0.25) is 0 Å². The van der Waals surface area contributed by atoms with Gasteiger partial charge in [0.05, 0.1) is 0 Å². The van der Waals surface area contributed by atoms with Gasteiger partial charge in [-0.25, -0.2) is 4.79 Å². The largest absolute Gasteiger partial charge is 0.479 e. The van der Waals surface area contributed by atoms with Gasteiger partial charge in [0.25, 0.3) is 0 Å². The number of benzene rings is 1. The molecule has 0 radical (unpaired) electrons. The molecule has 0 aliphatic rings. The maximum absolute atomic E-state index is 11.0. The lowest BCUT2D eigenvalue weighted by Crippen LogP contribution is -2.27. The Morgan fingerprint density at radius 3 is 2.69 bits per heavy atom. The third-order valence-corrected chi connectivity index (χ3v) is 2.65. The molecular formula is C13H18O3.